The van der Waals surface area contributed by atoms with Crippen LogP contribution in [0.1, 0.15) is 26.0 Å². The number of rotatable bonds is 7. The van der Waals surface area contributed by atoms with Gasteiger partial charge in [-0.1, -0.05) is 6.07 Å². The lowest BCUT2D eigenvalue weighted by Crippen LogP contribution is -2.46. The molecular formula is C15H23N3O3. The van der Waals surface area contributed by atoms with Gasteiger partial charge in [0.05, 0.1) is 6.42 Å². The number of aromatic nitrogens is 1. The molecule has 0 saturated carbocycles. The van der Waals surface area contributed by atoms with E-state index in [1.54, 1.807) is 30.0 Å². The Balaban J connectivity index is 2.56. The number of hydrogen-bond donors (Lipinski definition) is 1. The summed E-state index contributed by atoms with van der Waals surface area (Å²) in [6.07, 6.45) is 2.35. The van der Waals surface area contributed by atoms with Crippen LogP contribution in [0.2, 0.25) is 0 Å². The average molecular weight is 293 g/mol. The molecule has 6 heteroatoms. The number of amides is 2. The summed E-state index contributed by atoms with van der Waals surface area (Å²) in [7, 11) is 1.72. The van der Waals surface area contributed by atoms with Crippen LogP contribution in [-0.2, 0) is 11.2 Å². The number of pyridine rings is 1. The number of nitrogens with zero attached hydrogens (tertiary/aromatic N) is 3. The molecule has 0 saturated heterocycles. The normalized spacial score (nSPS) is 11.8. The van der Waals surface area contributed by atoms with E-state index in [9.17, 15) is 9.59 Å². The molecule has 1 aromatic heterocycles. The largest absolute Gasteiger partial charge is 0.481 e. The molecule has 0 aliphatic heterocycles. The minimum absolute atomic E-state index is 0.0480. The summed E-state index contributed by atoms with van der Waals surface area (Å²) in [5.74, 6) is -0.898. The maximum absolute atomic E-state index is 12.4. The van der Waals surface area contributed by atoms with Crippen LogP contribution in [0, 0.1) is 0 Å². The third-order valence-corrected chi connectivity index (χ3v) is 3.34. The van der Waals surface area contributed by atoms with E-state index < -0.39 is 5.97 Å². The van der Waals surface area contributed by atoms with E-state index in [0.717, 1.165) is 5.69 Å². The van der Waals surface area contributed by atoms with Gasteiger partial charge in [0, 0.05) is 44.5 Å². The third-order valence-electron chi connectivity index (χ3n) is 3.34. The number of carbonyl (C=O) groups is 2. The fourth-order valence-corrected chi connectivity index (χ4v) is 2.14. The molecular weight excluding hydrogens is 270 g/mol. The number of carboxylic acids is 1. The highest BCUT2D eigenvalue weighted by atomic mass is 16.4. The van der Waals surface area contributed by atoms with Gasteiger partial charge in [0.2, 0.25) is 0 Å². The topological polar surface area (TPSA) is 73.7 Å². The summed E-state index contributed by atoms with van der Waals surface area (Å²) in [5.41, 5.74) is 0.929. The van der Waals surface area contributed by atoms with Crippen molar-refractivity contribution >= 4 is 12.0 Å². The molecule has 1 atom stereocenters. The Morgan fingerprint density at radius 2 is 2.10 bits per heavy atom. The smallest absolute Gasteiger partial charge is 0.319 e. The second-order valence-corrected chi connectivity index (χ2v) is 5.01. The van der Waals surface area contributed by atoms with Crippen molar-refractivity contribution in [3.05, 3.63) is 30.1 Å². The van der Waals surface area contributed by atoms with Crippen molar-refractivity contribution in [1.29, 1.82) is 0 Å². The first-order chi connectivity index (χ1) is 9.95. The van der Waals surface area contributed by atoms with Crippen LogP contribution in [0.5, 0.6) is 0 Å². The molecule has 21 heavy (non-hydrogen) atoms. The Morgan fingerprint density at radius 1 is 1.38 bits per heavy atom. The molecule has 0 spiro atoms. The molecule has 1 heterocycles. The minimum Gasteiger partial charge on any atom is -0.481 e. The van der Waals surface area contributed by atoms with Crippen molar-refractivity contribution in [3.8, 4) is 0 Å². The van der Waals surface area contributed by atoms with Gasteiger partial charge in [0.15, 0.2) is 0 Å². The van der Waals surface area contributed by atoms with E-state index in [1.807, 2.05) is 25.1 Å². The Morgan fingerprint density at radius 3 is 2.62 bits per heavy atom. The summed E-state index contributed by atoms with van der Waals surface area (Å²) in [5, 5.41) is 8.84. The Labute approximate surface area is 125 Å². The van der Waals surface area contributed by atoms with Gasteiger partial charge in [-0.15, -0.1) is 0 Å². The van der Waals surface area contributed by atoms with E-state index in [1.165, 1.54) is 0 Å². The lowest BCUT2D eigenvalue weighted by atomic mass is 10.2. The quantitative estimate of drug-likeness (QED) is 0.832. The van der Waals surface area contributed by atoms with Gasteiger partial charge in [-0.3, -0.25) is 9.78 Å². The van der Waals surface area contributed by atoms with Crippen LogP contribution in [0.3, 0.4) is 0 Å². The zero-order valence-electron chi connectivity index (χ0n) is 12.8. The molecule has 0 aliphatic rings. The van der Waals surface area contributed by atoms with Crippen molar-refractivity contribution in [1.82, 2.24) is 14.8 Å². The second kappa shape index (κ2) is 8.24. The van der Waals surface area contributed by atoms with Gasteiger partial charge in [-0.05, 0) is 26.0 Å². The summed E-state index contributed by atoms with van der Waals surface area (Å²) < 4.78 is 0. The highest BCUT2D eigenvalue weighted by Gasteiger charge is 2.23. The predicted molar refractivity (Wildman–Crippen MR) is 80.1 cm³/mol. The van der Waals surface area contributed by atoms with Gasteiger partial charge >= 0.3 is 12.0 Å². The predicted octanol–water partition coefficient (Wildman–Crippen LogP) is 1.86. The van der Waals surface area contributed by atoms with Crippen molar-refractivity contribution in [2.75, 3.05) is 20.1 Å². The number of carboxylic acid groups (broad SMARTS) is 1. The van der Waals surface area contributed by atoms with Crippen molar-refractivity contribution in [2.45, 2.75) is 32.7 Å². The summed E-state index contributed by atoms with van der Waals surface area (Å²) in [4.78, 5) is 30.5. The average Bonchev–Trinajstić information content (AvgIpc) is 2.45. The maximum Gasteiger partial charge on any atom is 0.319 e. The van der Waals surface area contributed by atoms with Crippen molar-refractivity contribution in [3.63, 3.8) is 0 Å². The van der Waals surface area contributed by atoms with E-state index >= 15 is 0 Å². The van der Waals surface area contributed by atoms with Crippen molar-refractivity contribution in [2.24, 2.45) is 0 Å². The second-order valence-electron chi connectivity index (χ2n) is 5.01. The van der Waals surface area contributed by atoms with Crippen molar-refractivity contribution < 1.29 is 14.7 Å². The zero-order chi connectivity index (χ0) is 15.8. The third kappa shape index (κ3) is 5.41. The monoisotopic (exact) mass is 293 g/mol. The maximum atomic E-state index is 12.4. The van der Waals surface area contributed by atoms with Crippen LogP contribution in [0.15, 0.2) is 24.4 Å². The van der Waals surface area contributed by atoms with Gasteiger partial charge < -0.3 is 14.9 Å². The molecule has 0 aliphatic carbocycles. The molecule has 0 radical (unpaired) electrons. The van der Waals surface area contributed by atoms with Gasteiger partial charge in [-0.25, -0.2) is 4.79 Å². The van der Waals surface area contributed by atoms with Gasteiger partial charge in [0.1, 0.15) is 0 Å². The number of hydrogen-bond acceptors (Lipinski definition) is 3. The molecule has 0 aromatic carbocycles. The molecule has 1 unspecified atom stereocenters. The van der Waals surface area contributed by atoms with E-state index in [2.05, 4.69) is 4.98 Å². The fourth-order valence-electron chi connectivity index (χ4n) is 2.14. The molecule has 6 nitrogen and oxygen atoms in total. The van der Waals surface area contributed by atoms with Crippen LogP contribution < -0.4 is 0 Å². The van der Waals surface area contributed by atoms with Crippen LogP contribution >= 0.6 is 0 Å². The molecule has 0 bridgehead atoms. The number of likely N-dealkylation sites (N-methyl/N-ethyl adjacent to an activating group) is 1. The highest BCUT2D eigenvalue weighted by molar-refractivity contribution is 5.75. The Kier molecular flexibility index (Phi) is 6.65. The Bertz CT molecular complexity index is 464. The van der Waals surface area contributed by atoms with Gasteiger partial charge in [0.25, 0.3) is 0 Å². The first kappa shape index (κ1) is 16.9. The van der Waals surface area contributed by atoms with Crippen LogP contribution in [0.25, 0.3) is 0 Å². The Hall–Kier alpha value is -2.11. The number of urea groups is 1. The molecule has 1 N–H and O–H groups in total. The zero-order valence-corrected chi connectivity index (χ0v) is 12.8. The SMILES string of the molecule is CCN(C(=O)N(C)CCc1ccccn1)C(C)CC(=O)O. The lowest BCUT2D eigenvalue weighted by Gasteiger charge is -2.31. The fraction of sp³-hybridized carbons (Fsp3) is 0.533. The lowest BCUT2D eigenvalue weighted by molar-refractivity contribution is -0.138. The summed E-state index contributed by atoms with van der Waals surface area (Å²) in [6.45, 7) is 4.64. The number of aliphatic carboxylic acids is 1. The highest BCUT2D eigenvalue weighted by Crippen LogP contribution is 2.08. The number of carbonyl (C=O) groups excluding carboxylic acids is 1. The van der Waals surface area contributed by atoms with E-state index in [-0.39, 0.29) is 18.5 Å². The van der Waals surface area contributed by atoms with E-state index in [0.29, 0.717) is 19.5 Å². The summed E-state index contributed by atoms with van der Waals surface area (Å²) in [6, 6.07) is 5.21. The molecule has 1 rings (SSSR count). The molecule has 116 valence electrons. The van der Waals surface area contributed by atoms with Crippen LogP contribution in [0.4, 0.5) is 4.79 Å². The standard InChI is InChI=1S/C15H23N3O3/c1-4-18(12(2)11-14(19)20)15(21)17(3)10-8-13-7-5-6-9-16-13/h5-7,9,12H,4,8,10-11H2,1-3H3,(H,19,20). The molecule has 2 amide bonds. The molecule has 1 aromatic rings. The van der Waals surface area contributed by atoms with E-state index in [4.69, 9.17) is 5.11 Å². The van der Waals surface area contributed by atoms with Gasteiger partial charge in [-0.2, -0.15) is 0 Å². The first-order valence-corrected chi connectivity index (χ1v) is 7.09. The first-order valence-electron chi connectivity index (χ1n) is 7.09. The minimum atomic E-state index is -0.898. The summed E-state index contributed by atoms with van der Waals surface area (Å²) >= 11 is 0. The van der Waals surface area contributed by atoms with Crippen LogP contribution in [-0.4, -0.2) is 58.1 Å². The molecule has 0 fully saturated rings.